The Morgan fingerprint density at radius 2 is 1.48 bits per heavy atom. The Bertz CT molecular complexity index is 422. The van der Waals surface area contributed by atoms with Gasteiger partial charge in [0, 0.05) is 0 Å². The van der Waals surface area contributed by atoms with E-state index in [4.69, 9.17) is 0 Å². The van der Waals surface area contributed by atoms with E-state index in [1.54, 1.807) is 0 Å². The first-order valence-electron chi connectivity index (χ1n) is 9.31. The summed E-state index contributed by atoms with van der Waals surface area (Å²) in [5.74, 6) is 3.21. The van der Waals surface area contributed by atoms with Crippen molar-refractivity contribution in [1.29, 1.82) is 0 Å². The van der Waals surface area contributed by atoms with E-state index in [1.807, 2.05) is 0 Å². The Morgan fingerprint density at radius 3 is 2.29 bits per heavy atom. The summed E-state index contributed by atoms with van der Waals surface area (Å²) >= 11 is 0. The maximum absolute atomic E-state index is 10.5. The normalized spacial score (nSPS) is 60.0. The summed E-state index contributed by atoms with van der Waals surface area (Å²) in [6.07, 6.45) is 10.7. The summed E-state index contributed by atoms with van der Waals surface area (Å²) < 4.78 is 0. The molecule has 0 saturated heterocycles. The number of hydrogen-bond acceptors (Lipinski definition) is 2. The van der Waals surface area contributed by atoms with Crippen LogP contribution in [0.4, 0.5) is 0 Å². The highest BCUT2D eigenvalue weighted by molar-refractivity contribution is 5.09. The third-order valence-corrected chi connectivity index (χ3v) is 8.59. The zero-order valence-corrected chi connectivity index (χ0v) is 13.7. The van der Waals surface area contributed by atoms with Crippen LogP contribution in [0, 0.1) is 34.5 Å². The SMILES string of the molecule is C[C@]12CC[C@@H](O)C[C@@H]1CC[C@H]1[C@H]3CC[C@@H](O)[C@@]3(C)CC[C@@H]12. The quantitative estimate of drug-likeness (QED) is 0.714. The summed E-state index contributed by atoms with van der Waals surface area (Å²) in [5.41, 5.74) is 0.676. The molecule has 0 aliphatic heterocycles. The van der Waals surface area contributed by atoms with Crippen LogP contribution in [0.15, 0.2) is 0 Å². The second kappa shape index (κ2) is 4.71. The topological polar surface area (TPSA) is 40.5 Å². The molecule has 0 heterocycles. The van der Waals surface area contributed by atoms with Crippen molar-refractivity contribution < 1.29 is 10.2 Å². The average Bonchev–Trinajstić information content (AvgIpc) is 2.76. The van der Waals surface area contributed by atoms with E-state index >= 15 is 0 Å². The van der Waals surface area contributed by atoms with Crippen LogP contribution in [0.25, 0.3) is 0 Å². The van der Waals surface area contributed by atoms with Crippen molar-refractivity contribution in [2.75, 3.05) is 0 Å². The molecule has 2 N–H and O–H groups in total. The lowest BCUT2D eigenvalue weighted by atomic mass is 9.45. The number of hydrogen-bond donors (Lipinski definition) is 2. The molecule has 120 valence electrons. The third kappa shape index (κ3) is 1.91. The van der Waals surface area contributed by atoms with E-state index in [0.29, 0.717) is 5.41 Å². The number of fused-ring (bicyclic) bond motifs is 5. The van der Waals surface area contributed by atoms with Gasteiger partial charge < -0.3 is 10.2 Å². The van der Waals surface area contributed by atoms with E-state index in [-0.39, 0.29) is 17.6 Å². The third-order valence-electron chi connectivity index (χ3n) is 8.59. The molecule has 0 aromatic carbocycles. The largest absolute Gasteiger partial charge is 0.393 e. The summed E-state index contributed by atoms with van der Waals surface area (Å²) in [6.45, 7) is 4.90. The van der Waals surface area contributed by atoms with Crippen molar-refractivity contribution >= 4 is 0 Å². The van der Waals surface area contributed by atoms with Crippen LogP contribution in [0.2, 0.25) is 0 Å². The Hall–Kier alpha value is -0.0800. The minimum absolute atomic E-state index is 0.0400. The van der Waals surface area contributed by atoms with Crippen molar-refractivity contribution in [3.63, 3.8) is 0 Å². The van der Waals surface area contributed by atoms with E-state index in [0.717, 1.165) is 42.9 Å². The predicted molar refractivity (Wildman–Crippen MR) is 83.7 cm³/mol. The molecule has 8 atom stereocenters. The van der Waals surface area contributed by atoms with Gasteiger partial charge in [-0.15, -0.1) is 0 Å². The molecule has 2 nitrogen and oxygen atoms in total. The van der Waals surface area contributed by atoms with Gasteiger partial charge in [0.1, 0.15) is 0 Å². The summed E-state index contributed by atoms with van der Waals surface area (Å²) in [4.78, 5) is 0. The molecule has 4 saturated carbocycles. The second-order valence-corrected chi connectivity index (χ2v) is 9.22. The van der Waals surface area contributed by atoms with Gasteiger partial charge in [-0.05, 0) is 92.3 Å². The molecule has 0 aromatic heterocycles. The molecule has 21 heavy (non-hydrogen) atoms. The average molecular weight is 292 g/mol. The van der Waals surface area contributed by atoms with Crippen LogP contribution in [0.5, 0.6) is 0 Å². The molecule has 4 aliphatic rings. The maximum atomic E-state index is 10.5. The van der Waals surface area contributed by atoms with Crippen LogP contribution in [-0.2, 0) is 0 Å². The summed E-state index contributed by atoms with van der Waals surface area (Å²) in [7, 11) is 0. The molecule has 0 bridgehead atoms. The van der Waals surface area contributed by atoms with Gasteiger partial charge >= 0.3 is 0 Å². The van der Waals surface area contributed by atoms with Crippen molar-refractivity contribution in [2.45, 2.75) is 83.8 Å². The van der Waals surface area contributed by atoms with Gasteiger partial charge in [0.2, 0.25) is 0 Å². The lowest BCUT2D eigenvalue weighted by molar-refractivity contribution is -0.133. The van der Waals surface area contributed by atoms with Crippen molar-refractivity contribution in [2.24, 2.45) is 34.5 Å². The Kier molecular flexibility index (Phi) is 3.25. The van der Waals surface area contributed by atoms with Crippen LogP contribution in [0.3, 0.4) is 0 Å². The Morgan fingerprint density at radius 1 is 0.762 bits per heavy atom. The maximum Gasteiger partial charge on any atom is 0.0596 e. The fourth-order valence-corrected chi connectivity index (χ4v) is 7.21. The van der Waals surface area contributed by atoms with Gasteiger partial charge in [0.15, 0.2) is 0 Å². The standard InChI is InChI=1S/C19H32O2/c1-18-9-7-13(20)11-12(18)3-4-14-15-5-6-17(21)19(15,2)10-8-16(14)18/h12-17,20-21H,3-11H2,1-2H3/t12-,13+,14-,15+,16-,17+,18-,19-/m0/s1. The smallest absolute Gasteiger partial charge is 0.0596 e. The lowest BCUT2D eigenvalue weighted by Gasteiger charge is -2.60. The zero-order chi connectivity index (χ0) is 14.8. The molecule has 0 radical (unpaired) electrons. The van der Waals surface area contributed by atoms with Crippen LogP contribution >= 0.6 is 0 Å². The molecule has 0 aromatic rings. The first kappa shape index (κ1) is 14.5. The zero-order valence-electron chi connectivity index (χ0n) is 13.7. The molecular weight excluding hydrogens is 260 g/mol. The minimum Gasteiger partial charge on any atom is -0.393 e. The lowest BCUT2D eigenvalue weighted by Crippen LogP contribution is -2.54. The first-order chi connectivity index (χ1) is 9.95. The number of aliphatic hydroxyl groups is 2. The highest BCUT2D eigenvalue weighted by Gasteiger charge is 2.59. The first-order valence-corrected chi connectivity index (χ1v) is 9.31. The molecule has 0 spiro atoms. The van der Waals surface area contributed by atoms with Crippen molar-refractivity contribution in [3.05, 3.63) is 0 Å². The van der Waals surface area contributed by atoms with Gasteiger partial charge in [-0.2, -0.15) is 0 Å². The predicted octanol–water partition coefficient (Wildman–Crippen LogP) is 3.75. The number of rotatable bonds is 0. The van der Waals surface area contributed by atoms with E-state index in [2.05, 4.69) is 13.8 Å². The van der Waals surface area contributed by atoms with Crippen LogP contribution < -0.4 is 0 Å². The second-order valence-electron chi connectivity index (χ2n) is 9.22. The number of aliphatic hydroxyl groups excluding tert-OH is 2. The summed E-state index contributed by atoms with van der Waals surface area (Å²) in [6, 6.07) is 0. The van der Waals surface area contributed by atoms with Crippen LogP contribution in [-0.4, -0.2) is 22.4 Å². The van der Waals surface area contributed by atoms with Crippen molar-refractivity contribution in [1.82, 2.24) is 0 Å². The molecule has 4 rings (SSSR count). The van der Waals surface area contributed by atoms with Gasteiger partial charge in [0.05, 0.1) is 12.2 Å². The van der Waals surface area contributed by atoms with Crippen molar-refractivity contribution in [3.8, 4) is 0 Å². The van der Waals surface area contributed by atoms with Gasteiger partial charge in [-0.1, -0.05) is 13.8 Å². The van der Waals surface area contributed by atoms with Gasteiger partial charge in [0.25, 0.3) is 0 Å². The fourth-order valence-electron chi connectivity index (χ4n) is 7.21. The van der Waals surface area contributed by atoms with Crippen LogP contribution in [0.1, 0.15) is 71.6 Å². The molecule has 4 fully saturated rings. The highest BCUT2D eigenvalue weighted by atomic mass is 16.3. The molecule has 0 unspecified atom stereocenters. The van der Waals surface area contributed by atoms with E-state index < -0.39 is 0 Å². The Labute approximate surface area is 129 Å². The van der Waals surface area contributed by atoms with E-state index in [1.165, 1.54) is 38.5 Å². The molecule has 2 heteroatoms. The Balaban J connectivity index is 1.62. The monoisotopic (exact) mass is 292 g/mol. The van der Waals surface area contributed by atoms with Gasteiger partial charge in [-0.25, -0.2) is 0 Å². The highest BCUT2D eigenvalue weighted by Crippen LogP contribution is 2.66. The van der Waals surface area contributed by atoms with Gasteiger partial charge in [-0.3, -0.25) is 0 Å². The minimum atomic E-state index is -0.0536. The molecule has 0 amide bonds. The fraction of sp³-hybridized carbons (Fsp3) is 1.00. The molecule has 4 aliphatic carbocycles. The summed E-state index contributed by atoms with van der Waals surface area (Å²) in [5, 5.41) is 20.5. The molecular formula is C19H32O2. The van der Waals surface area contributed by atoms with E-state index in [9.17, 15) is 10.2 Å².